The van der Waals surface area contributed by atoms with Crippen LogP contribution >= 0.6 is 0 Å². The first kappa shape index (κ1) is 22.6. The molecule has 1 fully saturated rings. The number of amides is 1. The highest BCUT2D eigenvalue weighted by atomic mass is 16.6. The van der Waals surface area contributed by atoms with Gasteiger partial charge < -0.3 is 20.7 Å². The minimum atomic E-state index is 0.411. The van der Waals surface area contributed by atoms with Gasteiger partial charge in [-0.3, -0.25) is 9.63 Å². The first-order chi connectivity index (χ1) is 16.1. The van der Waals surface area contributed by atoms with Crippen LogP contribution in [0, 0.1) is 17.8 Å². The molecule has 4 unspecified atom stereocenters. The van der Waals surface area contributed by atoms with Crippen LogP contribution in [0.1, 0.15) is 18.9 Å². The molecule has 1 saturated carbocycles. The monoisotopic (exact) mass is 450 g/mol. The van der Waals surface area contributed by atoms with Crippen molar-refractivity contribution in [2.45, 2.75) is 19.4 Å². The molecule has 3 aliphatic rings. The van der Waals surface area contributed by atoms with Crippen molar-refractivity contribution in [3.8, 4) is 5.75 Å². The number of allylic oxidation sites excluding steroid dienone is 1. The van der Waals surface area contributed by atoms with Crippen molar-refractivity contribution in [2.24, 2.45) is 17.8 Å². The van der Waals surface area contributed by atoms with E-state index in [4.69, 9.17) is 14.5 Å². The molecule has 4 N–H and O–H groups in total. The number of benzene rings is 1. The summed E-state index contributed by atoms with van der Waals surface area (Å²) in [6, 6.07) is 8.19. The number of ether oxygens (including phenoxy) is 1. The molecule has 2 bridgehead atoms. The van der Waals surface area contributed by atoms with Crippen molar-refractivity contribution in [1.82, 2.24) is 15.4 Å². The van der Waals surface area contributed by atoms with Crippen LogP contribution < -0.4 is 26.2 Å². The van der Waals surface area contributed by atoms with Crippen LogP contribution in [0.25, 0.3) is 6.08 Å². The van der Waals surface area contributed by atoms with Gasteiger partial charge in [-0.15, -0.1) is 0 Å². The highest BCUT2D eigenvalue weighted by Gasteiger charge is 2.42. The second kappa shape index (κ2) is 10.4. The molecule has 4 atom stereocenters. The maximum Gasteiger partial charge on any atom is 0.231 e. The number of methoxy groups -OCH3 is 1. The minimum absolute atomic E-state index is 0.411. The molecule has 2 aromatic rings. The maximum absolute atomic E-state index is 9.17. The van der Waals surface area contributed by atoms with Gasteiger partial charge in [-0.05, 0) is 42.4 Å². The quantitative estimate of drug-likeness (QED) is 0.288. The van der Waals surface area contributed by atoms with E-state index in [1.165, 1.54) is 13.5 Å². The van der Waals surface area contributed by atoms with Crippen LogP contribution in [0.2, 0.25) is 0 Å². The number of nitrogens with one attached hydrogen (secondary N) is 4. The Labute approximate surface area is 193 Å². The van der Waals surface area contributed by atoms with E-state index in [0.29, 0.717) is 36.2 Å². The fraction of sp³-hybridized carbons (Fsp3) is 0.375. The lowest BCUT2D eigenvalue weighted by Crippen LogP contribution is -2.32. The van der Waals surface area contributed by atoms with Gasteiger partial charge >= 0.3 is 0 Å². The summed E-state index contributed by atoms with van der Waals surface area (Å²) in [6.07, 6.45) is 10.7. The molecule has 2 heterocycles. The van der Waals surface area contributed by atoms with E-state index in [1.807, 2.05) is 29.7 Å². The highest BCUT2D eigenvalue weighted by molar-refractivity contribution is 5.77. The number of rotatable bonds is 7. The molecular weight excluding hydrogens is 420 g/mol. The third-order valence-electron chi connectivity index (χ3n) is 6.27. The molecule has 0 spiro atoms. The van der Waals surface area contributed by atoms with Crippen LogP contribution in [0.5, 0.6) is 5.75 Å². The predicted octanol–water partition coefficient (Wildman–Crippen LogP) is 3.58. The topological polar surface area (TPSA) is 109 Å². The summed E-state index contributed by atoms with van der Waals surface area (Å²) in [7, 11) is 3.03. The fourth-order valence-electron chi connectivity index (χ4n) is 4.60. The Morgan fingerprint density at radius 2 is 2.03 bits per heavy atom. The fourth-order valence-corrected chi connectivity index (χ4v) is 4.60. The molecule has 1 aromatic carbocycles. The summed E-state index contributed by atoms with van der Waals surface area (Å²) in [4.78, 5) is 22.8. The Balaban J connectivity index is 0.000000471. The molecule has 9 nitrogen and oxygen atoms in total. The number of aromatic nitrogens is 2. The zero-order valence-corrected chi connectivity index (χ0v) is 19.0. The number of carbonyl (C=O) groups is 1. The van der Waals surface area contributed by atoms with E-state index in [0.717, 1.165) is 35.2 Å². The number of fused-ring (bicyclic) bond motifs is 3. The number of nitrogens with zero attached hydrogens (tertiary/aromatic N) is 2. The SMILES string of the molecule is CONC=O.COc1cccc(Nc2nc3c(c(NC4C5C=CC(C5)C4C)n2)C=CCN3)c1. The zero-order chi connectivity index (χ0) is 23.2. The number of anilines is 4. The molecule has 5 rings (SSSR count). The Kier molecular flexibility index (Phi) is 7.09. The molecule has 2 aliphatic carbocycles. The summed E-state index contributed by atoms with van der Waals surface area (Å²) in [5, 5.41) is 10.4. The average Bonchev–Trinajstić information content (AvgIpc) is 3.43. The summed E-state index contributed by atoms with van der Waals surface area (Å²) in [6.45, 7) is 3.11. The molecule has 33 heavy (non-hydrogen) atoms. The normalized spacial score (nSPS) is 23.6. The Morgan fingerprint density at radius 3 is 2.73 bits per heavy atom. The van der Waals surface area contributed by atoms with Gasteiger partial charge in [0.1, 0.15) is 17.4 Å². The van der Waals surface area contributed by atoms with Crippen LogP contribution in [-0.4, -0.2) is 43.2 Å². The molecule has 174 valence electrons. The molecular formula is C24H30N6O3. The molecule has 9 heteroatoms. The van der Waals surface area contributed by atoms with Crippen LogP contribution in [-0.2, 0) is 9.63 Å². The summed E-state index contributed by atoms with van der Waals surface area (Å²) in [5.41, 5.74) is 3.86. The van der Waals surface area contributed by atoms with Gasteiger partial charge in [-0.25, -0.2) is 5.48 Å². The number of carbonyl (C=O) groups excluding carboxylic acids is 1. The van der Waals surface area contributed by atoms with E-state index >= 15 is 0 Å². The van der Waals surface area contributed by atoms with Crippen molar-refractivity contribution in [2.75, 3.05) is 36.7 Å². The number of hydroxylamine groups is 1. The lowest BCUT2D eigenvalue weighted by Gasteiger charge is -2.28. The van der Waals surface area contributed by atoms with Crippen molar-refractivity contribution < 1.29 is 14.4 Å². The lowest BCUT2D eigenvalue weighted by atomic mass is 9.90. The second-order valence-corrected chi connectivity index (χ2v) is 8.22. The first-order valence-electron chi connectivity index (χ1n) is 11.0. The number of hydrogen-bond donors (Lipinski definition) is 4. The second-order valence-electron chi connectivity index (χ2n) is 8.22. The van der Waals surface area contributed by atoms with Crippen molar-refractivity contribution in [1.29, 1.82) is 0 Å². The van der Waals surface area contributed by atoms with Crippen molar-refractivity contribution >= 4 is 35.8 Å². The van der Waals surface area contributed by atoms with Crippen LogP contribution in [0.3, 0.4) is 0 Å². The summed E-state index contributed by atoms with van der Waals surface area (Å²) < 4.78 is 5.31. The van der Waals surface area contributed by atoms with Gasteiger partial charge in [0.05, 0.1) is 19.8 Å². The Bertz CT molecular complexity index is 1040. The maximum atomic E-state index is 9.17. The number of hydrogen-bond acceptors (Lipinski definition) is 8. The van der Waals surface area contributed by atoms with E-state index in [1.54, 1.807) is 7.11 Å². The Hall–Kier alpha value is -3.59. The van der Waals surface area contributed by atoms with Crippen LogP contribution in [0.4, 0.5) is 23.3 Å². The van der Waals surface area contributed by atoms with Gasteiger partial charge in [0.25, 0.3) is 0 Å². The largest absolute Gasteiger partial charge is 0.497 e. The third-order valence-corrected chi connectivity index (χ3v) is 6.27. The Morgan fingerprint density at radius 1 is 1.18 bits per heavy atom. The summed E-state index contributed by atoms with van der Waals surface area (Å²) in [5.74, 6) is 4.99. The van der Waals surface area contributed by atoms with Crippen molar-refractivity contribution in [3.05, 3.63) is 48.1 Å². The van der Waals surface area contributed by atoms with E-state index < -0.39 is 0 Å². The van der Waals surface area contributed by atoms with E-state index in [2.05, 4.69) is 57.0 Å². The van der Waals surface area contributed by atoms with E-state index in [-0.39, 0.29) is 0 Å². The van der Waals surface area contributed by atoms with Gasteiger partial charge in [-0.1, -0.05) is 31.2 Å². The summed E-state index contributed by atoms with van der Waals surface area (Å²) >= 11 is 0. The van der Waals surface area contributed by atoms with Crippen molar-refractivity contribution in [3.63, 3.8) is 0 Å². The molecule has 0 radical (unpaired) electrons. The third kappa shape index (κ3) is 5.09. The molecule has 1 amide bonds. The highest BCUT2D eigenvalue weighted by Crippen LogP contribution is 2.45. The molecule has 1 aliphatic heterocycles. The average molecular weight is 451 g/mol. The van der Waals surface area contributed by atoms with Gasteiger partial charge in [-0.2, -0.15) is 9.97 Å². The molecule has 0 saturated heterocycles. The van der Waals surface area contributed by atoms with Gasteiger partial charge in [0.2, 0.25) is 12.4 Å². The standard InChI is InChI=1S/C22H25N5O.C2H5NO2/c1-13-14-8-9-15(11-14)19(13)25-21-18-7-4-10-23-20(18)26-22(27-21)24-16-5-3-6-17(12-16)28-2;1-5-3-2-4/h3-9,12-15,19H,10-11H2,1-2H3,(H3,23,24,25,26,27);2H,1H3,(H,3,4). The predicted molar refractivity (Wildman–Crippen MR) is 129 cm³/mol. The minimum Gasteiger partial charge on any atom is -0.497 e. The van der Waals surface area contributed by atoms with E-state index in [9.17, 15) is 0 Å². The molecule has 1 aromatic heterocycles. The first-order valence-corrected chi connectivity index (χ1v) is 11.0. The van der Waals surface area contributed by atoms with Gasteiger partial charge in [0, 0.05) is 24.3 Å². The zero-order valence-electron chi connectivity index (χ0n) is 19.0. The van der Waals surface area contributed by atoms with Crippen LogP contribution in [0.15, 0.2) is 42.5 Å². The van der Waals surface area contributed by atoms with Gasteiger partial charge in [0.15, 0.2) is 0 Å². The smallest absolute Gasteiger partial charge is 0.231 e. The lowest BCUT2D eigenvalue weighted by molar-refractivity contribution is -0.118.